The van der Waals surface area contributed by atoms with Crippen molar-refractivity contribution in [3.63, 3.8) is 0 Å². The van der Waals surface area contributed by atoms with Crippen LogP contribution in [0.2, 0.25) is 0 Å². The van der Waals surface area contributed by atoms with E-state index in [1.54, 1.807) is 0 Å². The minimum atomic E-state index is -0.574. The number of thioether (sulfide) groups is 1. The number of benzene rings is 1. The maximum atomic E-state index is 12.9. The molecule has 1 saturated heterocycles. The molecule has 0 saturated carbocycles. The minimum absolute atomic E-state index is 0.0482. The monoisotopic (exact) mass is 345 g/mol. The maximum absolute atomic E-state index is 12.9. The molecule has 1 aliphatic rings. The summed E-state index contributed by atoms with van der Waals surface area (Å²) in [6, 6.07) is 10.1. The fourth-order valence-corrected chi connectivity index (χ4v) is 4.19. The average molecular weight is 346 g/mol. The Bertz CT molecular complexity index is 591. The van der Waals surface area contributed by atoms with Gasteiger partial charge in [0.1, 0.15) is 5.72 Å². The van der Waals surface area contributed by atoms with Gasteiger partial charge in [-0.1, -0.05) is 60.3 Å². The van der Waals surface area contributed by atoms with Crippen molar-refractivity contribution >= 4 is 23.1 Å². The quantitative estimate of drug-likeness (QED) is 0.674. The van der Waals surface area contributed by atoms with Crippen LogP contribution in [-0.2, 0) is 4.74 Å². The van der Waals surface area contributed by atoms with Crippen molar-refractivity contribution < 1.29 is 9.53 Å². The maximum Gasteiger partial charge on any atom is 0.284 e. The third kappa shape index (κ3) is 4.52. The second-order valence-corrected chi connectivity index (χ2v) is 8.29. The van der Waals surface area contributed by atoms with Gasteiger partial charge in [-0.05, 0) is 39.7 Å². The number of amides is 1. The molecule has 1 amide bonds. The van der Waals surface area contributed by atoms with E-state index < -0.39 is 5.72 Å². The van der Waals surface area contributed by atoms with E-state index in [2.05, 4.69) is 30.9 Å². The van der Waals surface area contributed by atoms with Crippen molar-refractivity contribution in [3.05, 3.63) is 54.6 Å². The number of hydrogen-bond donors (Lipinski definition) is 0. The largest absolute Gasteiger partial charge is 0.354 e. The summed E-state index contributed by atoms with van der Waals surface area (Å²) in [6.45, 7) is 12.4. The highest BCUT2D eigenvalue weighted by Crippen LogP contribution is 2.38. The number of nitrogens with zero attached hydrogens (tertiary/aromatic N) is 1. The molecule has 1 heterocycles. The van der Waals surface area contributed by atoms with E-state index in [-0.39, 0.29) is 16.0 Å². The molecule has 1 atom stereocenters. The summed E-state index contributed by atoms with van der Waals surface area (Å²) < 4.78 is 5.81. The van der Waals surface area contributed by atoms with Gasteiger partial charge in [-0.2, -0.15) is 0 Å². The van der Waals surface area contributed by atoms with E-state index in [0.717, 1.165) is 12.0 Å². The van der Waals surface area contributed by atoms with Crippen LogP contribution in [0.25, 0.3) is 6.08 Å². The van der Waals surface area contributed by atoms with Gasteiger partial charge < -0.3 is 4.74 Å². The first-order valence-electron chi connectivity index (χ1n) is 8.25. The molecule has 0 N–H and O–H groups in total. The Morgan fingerprint density at radius 1 is 1.33 bits per heavy atom. The number of carbonyl (C=O) groups excluding carboxylic acids is 1. The van der Waals surface area contributed by atoms with E-state index in [1.165, 1.54) is 11.8 Å². The molecular formula is C20H27NO2S. The minimum Gasteiger partial charge on any atom is -0.354 e. The van der Waals surface area contributed by atoms with Crippen molar-refractivity contribution in [2.75, 3.05) is 6.61 Å². The summed E-state index contributed by atoms with van der Waals surface area (Å²) in [4.78, 5) is 14.8. The first-order valence-corrected chi connectivity index (χ1v) is 9.13. The van der Waals surface area contributed by atoms with Crippen LogP contribution in [0, 0.1) is 0 Å². The fraction of sp³-hybridized carbons (Fsp3) is 0.450. The normalized spacial score (nSPS) is 20.2. The highest BCUT2D eigenvalue weighted by atomic mass is 32.2. The van der Waals surface area contributed by atoms with Gasteiger partial charge in [-0.25, -0.2) is 0 Å². The smallest absolute Gasteiger partial charge is 0.284 e. The summed E-state index contributed by atoms with van der Waals surface area (Å²) in [5.74, 6) is 0. The molecule has 4 heteroatoms. The first kappa shape index (κ1) is 18.8. The van der Waals surface area contributed by atoms with Crippen LogP contribution in [0.1, 0.15) is 39.7 Å². The number of hydrogen-bond acceptors (Lipinski definition) is 3. The van der Waals surface area contributed by atoms with Crippen LogP contribution in [0.15, 0.2) is 49.1 Å². The standard InChI is InChI=1S/C20H27NO2S/c1-6-10-17(14-13-16-11-8-7-9-12-16)24-18(22)21-19(2,3)15-23-20(21,4)5/h6-9,11-14,17H,1,10,15H2,2-5H3/b14-13+/t17-/m1/s1. The van der Waals surface area contributed by atoms with Gasteiger partial charge >= 0.3 is 0 Å². The number of allylic oxidation sites excluding steroid dienone is 1. The van der Waals surface area contributed by atoms with Crippen LogP contribution < -0.4 is 0 Å². The molecule has 1 aliphatic heterocycles. The van der Waals surface area contributed by atoms with Gasteiger partial charge in [-0.3, -0.25) is 9.69 Å². The Labute approximate surface area is 149 Å². The summed E-state index contributed by atoms with van der Waals surface area (Å²) in [5, 5.41) is 0.106. The second kappa shape index (κ2) is 7.58. The molecule has 0 bridgehead atoms. The molecule has 0 radical (unpaired) electrons. The number of ether oxygens (including phenoxy) is 1. The molecule has 24 heavy (non-hydrogen) atoms. The highest BCUT2D eigenvalue weighted by Gasteiger charge is 2.48. The van der Waals surface area contributed by atoms with Crippen LogP contribution in [-0.4, -0.2) is 33.3 Å². The Kier molecular flexibility index (Phi) is 5.94. The van der Waals surface area contributed by atoms with Gasteiger partial charge in [-0.15, -0.1) is 6.58 Å². The second-order valence-electron chi connectivity index (χ2n) is 7.10. The van der Waals surface area contributed by atoms with E-state index in [4.69, 9.17) is 4.74 Å². The lowest BCUT2D eigenvalue weighted by molar-refractivity contribution is -0.0298. The lowest BCUT2D eigenvalue weighted by Gasteiger charge is -2.37. The van der Waals surface area contributed by atoms with E-state index >= 15 is 0 Å². The van der Waals surface area contributed by atoms with Gasteiger partial charge in [0, 0.05) is 5.25 Å². The Hall–Kier alpha value is -1.52. The summed E-state index contributed by atoms with van der Waals surface area (Å²) >= 11 is 1.34. The average Bonchev–Trinajstić information content (AvgIpc) is 2.74. The van der Waals surface area contributed by atoms with Crippen molar-refractivity contribution in [1.29, 1.82) is 0 Å². The Morgan fingerprint density at radius 3 is 2.54 bits per heavy atom. The number of rotatable bonds is 5. The molecule has 0 aliphatic carbocycles. The first-order chi connectivity index (χ1) is 11.3. The highest BCUT2D eigenvalue weighted by molar-refractivity contribution is 8.14. The zero-order valence-corrected chi connectivity index (χ0v) is 15.8. The van der Waals surface area contributed by atoms with Crippen LogP contribution in [0.5, 0.6) is 0 Å². The molecule has 1 aromatic rings. The molecule has 0 spiro atoms. The third-order valence-corrected chi connectivity index (χ3v) is 5.10. The van der Waals surface area contributed by atoms with Crippen LogP contribution in [0.4, 0.5) is 4.79 Å². The van der Waals surface area contributed by atoms with Gasteiger partial charge in [0.2, 0.25) is 0 Å². The zero-order valence-electron chi connectivity index (χ0n) is 15.0. The Balaban J connectivity index is 2.11. The third-order valence-electron chi connectivity index (χ3n) is 4.06. The van der Waals surface area contributed by atoms with Gasteiger partial charge in [0.25, 0.3) is 5.24 Å². The van der Waals surface area contributed by atoms with E-state index in [9.17, 15) is 4.79 Å². The van der Waals surface area contributed by atoms with Crippen molar-refractivity contribution in [1.82, 2.24) is 4.90 Å². The molecule has 0 unspecified atom stereocenters. The predicted octanol–water partition coefficient (Wildman–Crippen LogP) is 5.34. The summed E-state index contributed by atoms with van der Waals surface area (Å²) in [7, 11) is 0. The van der Waals surface area contributed by atoms with Gasteiger partial charge in [0.15, 0.2) is 0 Å². The summed E-state index contributed by atoms with van der Waals surface area (Å²) in [5.41, 5.74) is 0.259. The van der Waals surface area contributed by atoms with Crippen molar-refractivity contribution in [3.8, 4) is 0 Å². The fourth-order valence-electron chi connectivity index (χ4n) is 2.97. The molecular weight excluding hydrogens is 318 g/mol. The molecule has 1 fully saturated rings. The SMILES string of the molecule is C=CC[C@H](/C=C/c1ccccc1)SC(=O)N1C(C)(C)COC1(C)C. The topological polar surface area (TPSA) is 29.5 Å². The lowest BCUT2D eigenvalue weighted by Crippen LogP contribution is -2.51. The van der Waals surface area contributed by atoms with Crippen molar-refractivity contribution in [2.24, 2.45) is 0 Å². The molecule has 1 aromatic carbocycles. The van der Waals surface area contributed by atoms with E-state index in [0.29, 0.717) is 6.61 Å². The van der Waals surface area contributed by atoms with Gasteiger partial charge in [0.05, 0.1) is 12.1 Å². The molecule has 130 valence electrons. The lowest BCUT2D eigenvalue weighted by atomic mass is 10.1. The Morgan fingerprint density at radius 2 is 2.00 bits per heavy atom. The van der Waals surface area contributed by atoms with E-state index in [1.807, 2.05) is 56.9 Å². The van der Waals surface area contributed by atoms with Crippen LogP contribution in [0.3, 0.4) is 0 Å². The number of carbonyl (C=O) groups is 1. The summed E-state index contributed by atoms with van der Waals surface area (Å²) in [6.07, 6.45) is 6.74. The predicted molar refractivity (Wildman–Crippen MR) is 103 cm³/mol. The van der Waals surface area contributed by atoms with Crippen molar-refractivity contribution in [2.45, 2.75) is 50.6 Å². The molecule has 2 rings (SSSR count). The molecule has 0 aromatic heterocycles. The zero-order chi connectivity index (χ0) is 17.8. The molecule has 3 nitrogen and oxygen atoms in total. The van der Waals surface area contributed by atoms with Crippen LogP contribution >= 0.6 is 11.8 Å².